The molecule has 2 aromatic carbocycles. The minimum Gasteiger partial charge on any atom is -0.489 e. The molecule has 0 bridgehead atoms. The van der Waals surface area contributed by atoms with Crippen LogP contribution in [-0.2, 0) is 6.61 Å². The Morgan fingerprint density at radius 3 is 2.48 bits per heavy atom. The summed E-state index contributed by atoms with van der Waals surface area (Å²) in [6, 6.07) is 14.0. The molecule has 1 N–H and O–H groups in total. The van der Waals surface area contributed by atoms with Crippen molar-refractivity contribution in [2.45, 2.75) is 17.0 Å². The van der Waals surface area contributed by atoms with Gasteiger partial charge in [0, 0.05) is 22.1 Å². The van der Waals surface area contributed by atoms with Crippen LogP contribution in [0.4, 0.5) is 13.2 Å². The number of rotatable bonds is 6. The summed E-state index contributed by atoms with van der Waals surface area (Å²) >= 11 is -0.180. The number of thioether (sulfide) groups is 1. The number of hydrogen-bond donors (Lipinski definition) is 1. The molecule has 140 valence electrons. The van der Waals surface area contributed by atoms with Crippen LogP contribution in [-0.4, -0.2) is 21.7 Å². The van der Waals surface area contributed by atoms with Crippen molar-refractivity contribution < 1.29 is 32.3 Å². The topological polar surface area (TPSA) is 72.6 Å². The second-order valence-corrected chi connectivity index (χ2v) is 6.46. The van der Waals surface area contributed by atoms with Crippen molar-refractivity contribution in [2.24, 2.45) is 0 Å². The highest BCUT2D eigenvalue weighted by atomic mass is 32.2. The lowest BCUT2D eigenvalue weighted by Crippen LogP contribution is -2.03. The summed E-state index contributed by atoms with van der Waals surface area (Å²) in [5, 5.41) is 12.5. The number of benzene rings is 2. The van der Waals surface area contributed by atoms with E-state index in [0.29, 0.717) is 22.6 Å². The van der Waals surface area contributed by atoms with Gasteiger partial charge in [0.1, 0.15) is 18.1 Å². The first-order valence-corrected chi connectivity index (χ1v) is 8.40. The molecule has 0 spiro atoms. The third-order valence-corrected chi connectivity index (χ3v) is 4.31. The van der Waals surface area contributed by atoms with E-state index < -0.39 is 11.5 Å². The molecule has 0 aliphatic heterocycles. The number of hydrogen-bond acceptors (Lipinski definition) is 5. The lowest BCUT2D eigenvalue weighted by atomic mass is 10.1. The van der Waals surface area contributed by atoms with E-state index in [1.54, 1.807) is 36.4 Å². The molecule has 0 saturated heterocycles. The molecule has 3 rings (SSSR count). The van der Waals surface area contributed by atoms with Gasteiger partial charge < -0.3 is 14.4 Å². The Hall–Kier alpha value is -2.94. The molecule has 0 radical (unpaired) electrons. The molecule has 0 atom stereocenters. The van der Waals surface area contributed by atoms with Crippen molar-refractivity contribution in [2.75, 3.05) is 0 Å². The van der Waals surface area contributed by atoms with Gasteiger partial charge >= 0.3 is 11.5 Å². The van der Waals surface area contributed by atoms with Crippen LogP contribution in [0.5, 0.6) is 5.75 Å². The highest BCUT2D eigenvalue weighted by molar-refractivity contribution is 8.00. The Labute approximate surface area is 155 Å². The minimum atomic E-state index is -4.37. The van der Waals surface area contributed by atoms with Crippen molar-refractivity contribution in [3.8, 4) is 17.0 Å². The Morgan fingerprint density at radius 1 is 1.15 bits per heavy atom. The van der Waals surface area contributed by atoms with Crippen LogP contribution in [0.15, 0.2) is 64.0 Å². The van der Waals surface area contributed by atoms with Crippen molar-refractivity contribution >= 4 is 17.7 Å². The van der Waals surface area contributed by atoms with Crippen molar-refractivity contribution in [3.05, 3.63) is 65.9 Å². The van der Waals surface area contributed by atoms with Crippen molar-refractivity contribution in [1.29, 1.82) is 0 Å². The third-order valence-electron chi connectivity index (χ3n) is 3.46. The molecule has 1 heterocycles. The molecule has 0 aliphatic carbocycles. The average Bonchev–Trinajstić information content (AvgIpc) is 3.11. The van der Waals surface area contributed by atoms with E-state index >= 15 is 0 Å². The van der Waals surface area contributed by atoms with E-state index in [4.69, 9.17) is 14.4 Å². The van der Waals surface area contributed by atoms with Crippen LogP contribution >= 0.6 is 11.8 Å². The van der Waals surface area contributed by atoms with E-state index in [0.717, 1.165) is 0 Å². The number of carbonyl (C=O) groups is 1. The minimum absolute atomic E-state index is 0.0221. The zero-order valence-corrected chi connectivity index (χ0v) is 14.4. The fraction of sp³-hybridized carbons (Fsp3) is 0.111. The molecule has 0 fully saturated rings. The molecule has 9 heteroatoms. The predicted molar refractivity (Wildman–Crippen MR) is 91.6 cm³/mol. The molecule has 3 aromatic rings. The summed E-state index contributed by atoms with van der Waals surface area (Å²) in [7, 11) is 0. The van der Waals surface area contributed by atoms with Gasteiger partial charge in [0.15, 0.2) is 0 Å². The summed E-state index contributed by atoms with van der Waals surface area (Å²) in [4.78, 5) is 10.9. The van der Waals surface area contributed by atoms with Crippen LogP contribution < -0.4 is 4.74 Å². The molecule has 5 nitrogen and oxygen atoms in total. The van der Waals surface area contributed by atoms with Crippen LogP contribution in [0.1, 0.15) is 16.1 Å². The maximum Gasteiger partial charge on any atom is 0.446 e. The van der Waals surface area contributed by atoms with E-state index in [-0.39, 0.29) is 29.0 Å². The largest absolute Gasteiger partial charge is 0.489 e. The van der Waals surface area contributed by atoms with Gasteiger partial charge in [-0.25, -0.2) is 4.79 Å². The fourth-order valence-corrected chi connectivity index (χ4v) is 2.90. The normalized spacial score (nSPS) is 11.4. The van der Waals surface area contributed by atoms with Gasteiger partial charge in [-0.05, 0) is 42.1 Å². The van der Waals surface area contributed by atoms with Gasteiger partial charge in [0.2, 0.25) is 5.76 Å². The summed E-state index contributed by atoms with van der Waals surface area (Å²) < 4.78 is 48.1. The third kappa shape index (κ3) is 5.04. The Morgan fingerprint density at radius 2 is 1.85 bits per heavy atom. The summed E-state index contributed by atoms with van der Waals surface area (Å²) in [6.07, 6.45) is 0. The molecule has 0 amide bonds. The average molecular weight is 395 g/mol. The number of aromatic nitrogens is 1. The first kappa shape index (κ1) is 18.8. The molecular formula is C18H12F3NO4S. The predicted octanol–water partition coefficient (Wildman–Crippen LogP) is 5.23. The second-order valence-electron chi connectivity index (χ2n) is 5.35. The number of carboxylic acid groups (broad SMARTS) is 1. The van der Waals surface area contributed by atoms with Crippen molar-refractivity contribution in [3.63, 3.8) is 0 Å². The SMILES string of the molecule is O=C(O)c1cc(-c2ccc(OCc3ccccc3SC(F)(F)F)cc2)no1. The van der Waals surface area contributed by atoms with E-state index in [1.807, 2.05) is 0 Å². The number of ether oxygens (including phenoxy) is 1. The summed E-state index contributed by atoms with van der Waals surface area (Å²) in [5.74, 6) is -1.04. The Bertz CT molecular complexity index is 938. The van der Waals surface area contributed by atoms with Crippen molar-refractivity contribution in [1.82, 2.24) is 5.16 Å². The fourth-order valence-electron chi connectivity index (χ4n) is 2.24. The monoisotopic (exact) mass is 395 g/mol. The molecule has 0 unspecified atom stereocenters. The molecule has 0 saturated carbocycles. The highest BCUT2D eigenvalue weighted by Crippen LogP contribution is 2.38. The first-order chi connectivity index (χ1) is 12.8. The number of alkyl halides is 3. The highest BCUT2D eigenvalue weighted by Gasteiger charge is 2.30. The van der Waals surface area contributed by atoms with Gasteiger partial charge in [-0.2, -0.15) is 13.2 Å². The zero-order valence-electron chi connectivity index (χ0n) is 13.6. The number of halogens is 3. The number of aromatic carboxylic acids is 1. The number of carboxylic acids is 1. The smallest absolute Gasteiger partial charge is 0.446 e. The lowest BCUT2D eigenvalue weighted by Gasteiger charge is -2.12. The molecule has 1 aromatic heterocycles. The van der Waals surface area contributed by atoms with Crippen LogP contribution in [0.3, 0.4) is 0 Å². The van der Waals surface area contributed by atoms with Crippen LogP contribution in [0, 0.1) is 0 Å². The van der Waals surface area contributed by atoms with Gasteiger partial charge in [0.25, 0.3) is 0 Å². The maximum absolute atomic E-state index is 12.6. The lowest BCUT2D eigenvalue weighted by molar-refractivity contribution is -0.0328. The quantitative estimate of drug-likeness (QED) is 0.576. The first-order valence-electron chi connectivity index (χ1n) is 7.59. The van der Waals surface area contributed by atoms with Gasteiger partial charge in [-0.15, -0.1) is 0 Å². The van der Waals surface area contributed by atoms with Crippen LogP contribution in [0.25, 0.3) is 11.3 Å². The maximum atomic E-state index is 12.6. The van der Waals surface area contributed by atoms with Gasteiger partial charge in [-0.1, -0.05) is 23.4 Å². The summed E-state index contributed by atoms with van der Waals surface area (Å²) in [6.45, 7) is -0.0221. The second kappa shape index (κ2) is 7.75. The van der Waals surface area contributed by atoms with Gasteiger partial charge in [0.05, 0.1) is 0 Å². The zero-order chi connectivity index (χ0) is 19.4. The van der Waals surface area contributed by atoms with Crippen LogP contribution in [0.2, 0.25) is 0 Å². The van der Waals surface area contributed by atoms with Gasteiger partial charge in [-0.3, -0.25) is 0 Å². The summed E-state index contributed by atoms with van der Waals surface area (Å²) in [5.41, 5.74) is -2.98. The molecule has 27 heavy (non-hydrogen) atoms. The molecular weight excluding hydrogens is 383 g/mol. The van der Waals surface area contributed by atoms with E-state index in [1.165, 1.54) is 18.2 Å². The Kier molecular flexibility index (Phi) is 5.41. The Balaban J connectivity index is 1.68. The number of nitrogens with zero attached hydrogens (tertiary/aromatic N) is 1. The van der Waals surface area contributed by atoms with E-state index in [2.05, 4.69) is 5.16 Å². The van der Waals surface area contributed by atoms with E-state index in [9.17, 15) is 18.0 Å². The standard InChI is InChI=1S/C18H12F3NO4S/c19-18(20,21)27-16-4-2-1-3-12(16)10-25-13-7-5-11(6-8-13)14-9-15(17(23)24)26-22-14/h1-9H,10H2,(H,23,24). The molecule has 0 aliphatic rings.